The Labute approximate surface area is 149 Å². The summed E-state index contributed by atoms with van der Waals surface area (Å²) in [4.78, 5) is 12.6. The van der Waals surface area contributed by atoms with Crippen molar-refractivity contribution in [3.8, 4) is 0 Å². The van der Waals surface area contributed by atoms with E-state index in [1.54, 1.807) is 12.1 Å². The summed E-state index contributed by atoms with van der Waals surface area (Å²) in [6.45, 7) is 5.98. The van der Waals surface area contributed by atoms with Crippen molar-refractivity contribution in [1.29, 1.82) is 0 Å². The second-order valence-electron chi connectivity index (χ2n) is 6.35. The third-order valence-corrected chi connectivity index (χ3v) is 6.06. The molecule has 0 radical (unpaired) electrons. The number of carbonyl (C=O) groups is 1. The quantitative estimate of drug-likeness (QED) is 0.891. The lowest BCUT2D eigenvalue weighted by Crippen LogP contribution is -2.27. The number of aryl methyl sites for hydroxylation is 2. The van der Waals surface area contributed by atoms with Crippen molar-refractivity contribution in [2.75, 3.05) is 14.1 Å². The van der Waals surface area contributed by atoms with Crippen LogP contribution in [-0.4, -0.2) is 32.7 Å². The second kappa shape index (κ2) is 7.37. The fourth-order valence-electron chi connectivity index (χ4n) is 2.41. The molecule has 0 aliphatic carbocycles. The highest BCUT2D eigenvalue weighted by Gasteiger charge is 2.19. The van der Waals surface area contributed by atoms with Crippen LogP contribution in [0.3, 0.4) is 0 Å². The molecule has 0 spiro atoms. The summed E-state index contributed by atoms with van der Waals surface area (Å²) in [6, 6.07) is 12.0. The van der Waals surface area contributed by atoms with Gasteiger partial charge in [0.2, 0.25) is 10.0 Å². The highest BCUT2D eigenvalue weighted by atomic mass is 32.2. The minimum absolute atomic E-state index is 0.101. The maximum absolute atomic E-state index is 12.5. The Bertz CT molecular complexity index is 889. The molecule has 0 bridgehead atoms. The first kappa shape index (κ1) is 19.1. The molecule has 0 saturated heterocycles. The summed E-state index contributed by atoms with van der Waals surface area (Å²) < 4.78 is 25.6. The van der Waals surface area contributed by atoms with Gasteiger partial charge < -0.3 is 5.32 Å². The van der Waals surface area contributed by atoms with Gasteiger partial charge in [0, 0.05) is 19.7 Å². The molecule has 1 atom stereocenters. The fourth-order valence-corrected chi connectivity index (χ4v) is 3.35. The van der Waals surface area contributed by atoms with E-state index in [0.717, 1.165) is 15.4 Å². The van der Waals surface area contributed by atoms with Crippen LogP contribution in [0.25, 0.3) is 0 Å². The Morgan fingerprint density at radius 2 is 1.72 bits per heavy atom. The third kappa shape index (κ3) is 4.27. The largest absolute Gasteiger partial charge is 0.346 e. The summed E-state index contributed by atoms with van der Waals surface area (Å²) in [5.41, 5.74) is 3.69. The van der Waals surface area contributed by atoms with Crippen LogP contribution >= 0.6 is 0 Å². The van der Waals surface area contributed by atoms with Crippen LogP contribution in [0.5, 0.6) is 0 Å². The van der Waals surface area contributed by atoms with Crippen molar-refractivity contribution < 1.29 is 13.2 Å². The lowest BCUT2D eigenvalue weighted by molar-refractivity contribution is 0.0939. The van der Waals surface area contributed by atoms with Crippen molar-refractivity contribution in [1.82, 2.24) is 9.62 Å². The minimum atomic E-state index is -3.57. The van der Waals surface area contributed by atoms with Gasteiger partial charge in [-0.1, -0.05) is 24.3 Å². The zero-order chi connectivity index (χ0) is 18.8. The summed E-state index contributed by atoms with van der Waals surface area (Å²) in [5, 5.41) is 2.92. The van der Waals surface area contributed by atoms with Gasteiger partial charge in [-0.2, -0.15) is 0 Å². The van der Waals surface area contributed by atoms with Gasteiger partial charge in [0.15, 0.2) is 0 Å². The summed E-state index contributed by atoms with van der Waals surface area (Å²) in [5.74, 6) is -0.304. The Balaban J connectivity index is 2.22. The van der Waals surface area contributed by atoms with Crippen LogP contribution in [0.1, 0.15) is 40.0 Å². The summed E-state index contributed by atoms with van der Waals surface area (Å²) in [7, 11) is -0.646. The highest BCUT2D eigenvalue weighted by Crippen LogP contribution is 2.19. The number of sulfonamides is 1. The van der Waals surface area contributed by atoms with E-state index < -0.39 is 10.0 Å². The second-order valence-corrected chi connectivity index (χ2v) is 8.51. The molecule has 2 aromatic carbocycles. The highest BCUT2D eigenvalue weighted by molar-refractivity contribution is 7.89. The first-order valence-corrected chi connectivity index (χ1v) is 9.47. The zero-order valence-corrected chi connectivity index (χ0v) is 16.0. The predicted octanol–water partition coefficient (Wildman–Crippen LogP) is 3.04. The smallest absolute Gasteiger partial charge is 0.251 e. The fraction of sp³-hybridized carbons (Fsp3) is 0.316. The summed E-state index contributed by atoms with van der Waals surface area (Å²) >= 11 is 0. The van der Waals surface area contributed by atoms with Crippen molar-refractivity contribution in [3.63, 3.8) is 0 Å². The molecule has 134 valence electrons. The van der Waals surface area contributed by atoms with Crippen LogP contribution in [0.2, 0.25) is 0 Å². The Morgan fingerprint density at radius 3 is 2.32 bits per heavy atom. The van der Waals surface area contributed by atoms with Gasteiger partial charge >= 0.3 is 0 Å². The molecule has 25 heavy (non-hydrogen) atoms. The molecule has 0 saturated carbocycles. The van der Waals surface area contributed by atoms with Gasteiger partial charge in [-0.05, 0) is 55.7 Å². The molecule has 1 unspecified atom stereocenters. The third-order valence-electron chi connectivity index (χ3n) is 4.25. The SMILES string of the molecule is Cc1ccc(C(C)NC(=O)c2cccc(S(=O)(=O)N(C)C)c2)cc1C. The van der Waals surface area contributed by atoms with E-state index in [1.165, 1.54) is 31.8 Å². The van der Waals surface area contributed by atoms with Gasteiger partial charge in [0.25, 0.3) is 5.91 Å². The van der Waals surface area contributed by atoms with Crippen molar-refractivity contribution in [3.05, 3.63) is 64.7 Å². The van der Waals surface area contributed by atoms with Gasteiger partial charge in [0.05, 0.1) is 10.9 Å². The maximum Gasteiger partial charge on any atom is 0.251 e. The van der Waals surface area contributed by atoms with Crippen LogP contribution < -0.4 is 5.32 Å². The number of hydrogen-bond acceptors (Lipinski definition) is 3. The van der Waals surface area contributed by atoms with Crippen LogP contribution in [-0.2, 0) is 10.0 Å². The number of nitrogens with one attached hydrogen (secondary N) is 1. The number of nitrogens with zero attached hydrogens (tertiary/aromatic N) is 1. The monoisotopic (exact) mass is 360 g/mol. The number of rotatable bonds is 5. The number of benzene rings is 2. The number of hydrogen-bond donors (Lipinski definition) is 1. The molecule has 2 aromatic rings. The van der Waals surface area contributed by atoms with Crippen LogP contribution in [0, 0.1) is 13.8 Å². The molecule has 1 amide bonds. The number of amides is 1. The predicted molar refractivity (Wildman–Crippen MR) is 99.1 cm³/mol. The standard InChI is InChI=1S/C19H24N2O3S/c1-13-9-10-16(11-14(13)2)15(3)20-19(22)17-7-6-8-18(12-17)25(23,24)21(4)5/h6-12,15H,1-5H3,(H,20,22). The van der Waals surface area contributed by atoms with Gasteiger partial charge in [-0.3, -0.25) is 4.79 Å². The normalized spacial score (nSPS) is 12.9. The van der Waals surface area contributed by atoms with Crippen molar-refractivity contribution in [2.24, 2.45) is 0 Å². The molecule has 0 aliphatic rings. The average molecular weight is 360 g/mol. The average Bonchev–Trinajstić information content (AvgIpc) is 2.57. The van der Waals surface area contributed by atoms with Crippen molar-refractivity contribution >= 4 is 15.9 Å². The Kier molecular flexibility index (Phi) is 5.65. The Morgan fingerprint density at radius 1 is 1.04 bits per heavy atom. The first-order valence-electron chi connectivity index (χ1n) is 8.03. The molecule has 5 nitrogen and oxygen atoms in total. The molecule has 0 aromatic heterocycles. The van der Waals surface area contributed by atoms with E-state index in [-0.39, 0.29) is 16.8 Å². The lowest BCUT2D eigenvalue weighted by Gasteiger charge is -2.16. The molecular formula is C19H24N2O3S. The zero-order valence-electron chi connectivity index (χ0n) is 15.2. The van der Waals surface area contributed by atoms with E-state index in [1.807, 2.05) is 39.0 Å². The molecule has 0 aliphatic heterocycles. The van der Waals surface area contributed by atoms with Gasteiger partial charge in [-0.25, -0.2) is 12.7 Å². The molecule has 1 N–H and O–H groups in total. The molecule has 6 heteroatoms. The van der Waals surface area contributed by atoms with Crippen LogP contribution in [0.4, 0.5) is 0 Å². The summed E-state index contributed by atoms with van der Waals surface area (Å²) in [6.07, 6.45) is 0. The van der Waals surface area contributed by atoms with Gasteiger partial charge in [-0.15, -0.1) is 0 Å². The van der Waals surface area contributed by atoms with E-state index in [0.29, 0.717) is 5.56 Å². The number of carbonyl (C=O) groups excluding carboxylic acids is 1. The molecule has 0 fully saturated rings. The van der Waals surface area contributed by atoms with Gasteiger partial charge in [0.1, 0.15) is 0 Å². The molecule has 2 rings (SSSR count). The van der Waals surface area contributed by atoms with E-state index >= 15 is 0 Å². The van der Waals surface area contributed by atoms with E-state index in [4.69, 9.17) is 0 Å². The Hall–Kier alpha value is -2.18. The van der Waals surface area contributed by atoms with Crippen LogP contribution in [0.15, 0.2) is 47.4 Å². The van der Waals surface area contributed by atoms with E-state index in [2.05, 4.69) is 5.32 Å². The molecule has 0 heterocycles. The van der Waals surface area contributed by atoms with Crippen molar-refractivity contribution in [2.45, 2.75) is 31.7 Å². The van der Waals surface area contributed by atoms with E-state index in [9.17, 15) is 13.2 Å². The maximum atomic E-state index is 12.5. The first-order chi connectivity index (χ1) is 11.6. The lowest BCUT2D eigenvalue weighted by atomic mass is 10.0. The molecular weight excluding hydrogens is 336 g/mol. The minimum Gasteiger partial charge on any atom is -0.346 e. The topological polar surface area (TPSA) is 66.5 Å².